The zero-order valence-corrected chi connectivity index (χ0v) is 8.60. The van der Waals surface area contributed by atoms with E-state index in [4.69, 9.17) is 4.42 Å². The summed E-state index contributed by atoms with van der Waals surface area (Å²) in [7, 11) is 0. The number of rotatable bonds is 3. The number of benzene rings is 1. The van der Waals surface area contributed by atoms with Gasteiger partial charge in [-0.2, -0.15) is 0 Å². The van der Waals surface area contributed by atoms with E-state index in [1.54, 1.807) is 6.26 Å². The number of aromatic amines is 1. The van der Waals surface area contributed by atoms with Crippen LogP contribution in [-0.4, -0.2) is 9.97 Å². The minimum Gasteiger partial charge on any atom is -0.467 e. The molecule has 2 N–H and O–H groups in total. The molecular formula is C12H11N3O. The van der Waals surface area contributed by atoms with E-state index in [1.807, 2.05) is 36.4 Å². The third-order valence-corrected chi connectivity index (χ3v) is 2.40. The number of furan rings is 1. The minimum atomic E-state index is 0.632. The number of nitrogens with zero attached hydrogens (tertiary/aromatic N) is 1. The lowest BCUT2D eigenvalue weighted by atomic mass is 10.3. The van der Waals surface area contributed by atoms with Crippen LogP contribution in [0.25, 0.3) is 11.0 Å². The lowest BCUT2D eigenvalue weighted by Crippen LogP contribution is -1.99. The van der Waals surface area contributed by atoms with E-state index < -0.39 is 0 Å². The molecule has 0 saturated heterocycles. The second-order valence-electron chi connectivity index (χ2n) is 3.54. The Balaban J connectivity index is 1.79. The van der Waals surface area contributed by atoms with Crippen LogP contribution in [0.1, 0.15) is 5.76 Å². The van der Waals surface area contributed by atoms with Crippen molar-refractivity contribution in [2.75, 3.05) is 5.32 Å². The van der Waals surface area contributed by atoms with Crippen LogP contribution in [0.5, 0.6) is 0 Å². The molecule has 2 aromatic heterocycles. The summed E-state index contributed by atoms with van der Waals surface area (Å²) in [5, 5.41) is 3.18. The molecule has 0 radical (unpaired) electrons. The number of hydrogen-bond acceptors (Lipinski definition) is 3. The molecule has 4 nitrogen and oxygen atoms in total. The molecule has 2 heterocycles. The molecule has 1 aromatic carbocycles. The third-order valence-electron chi connectivity index (χ3n) is 2.40. The molecule has 4 heteroatoms. The molecule has 0 fully saturated rings. The van der Waals surface area contributed by atoms with Gasteiger partial charge in [-0.15, -0.1) is 0 Å². The number of anilines is 1. The van der Waals surface area contributed by atoms with Crippen LogP contribution in [-0.2, 0) is 6.54 Å². The molecular weight excluding hydrogens is 202 g/mol. The molecule has 16 heavy (non-hydrogen) atoms. The molecule has 0 saturated carbocycles. The van der Waals surface area contributed by atoms with Gasteiger partial charge in [-0.25, -0.2) is 4.98 Å². The standard InChI is InChI=1S/C12H11N3O/c1-2-6-11-10(5-1)14-12(15-11)13-8-9-4-3-7-16-9/h1-7H,8H2,(H2,13,14,15). The Labute approximate surface area is 92.3 Å². The van der Waals surface area contributed by atoms with Crippen molar-refractivity contribution < 1.29 is 4.42 Å². The number of fused-ring (bicyclic) bond motifs is 1. The lowest BCUT2D eigenvalue weighted by Gasteiger charge is -1.98. The first-order valence-electron chi connectivity index (χ1n) is 5.13. The fourth-order valence-corrected chi connectivity index (χ4v) is 1.62. The smallest absolute Gasteiger partial charge is 0.201 e. The fraction of sp³-hybridized carbons (Fsp3) is 0.0833. The van der Waals surface area contributed by atoms with E-state index in [9.17, 15) is 0 Å². The molecule has 0 bridgehead atoms. The SMILES string of the molecule is c1coc(CNc2nc3ccccc3[nH]2)c1. The molecule has 0 aliphatic carbocycles. The van der Waals surface area contributed by atoms with Crippen LogP contribution < -0.4 is 5.32 Å². The van der Waals surface area contributed by atoms with Gasteiger partial charge in [0.05, 0.1) is 23.8 Å². The Morgan fingerprint density at radius 3 is 2.94 bits per heavy atom. The fourth-order valence-electron chi connectivity index (χ4n) is 1.62. The van der Waals surface area contributed by atoms with Crippen molar-refractivity contribution in [2.45, 2.75) is 6.54 Å². The monoisotopic (exact) mass is 213 g/mol. The van der Waals surface area contributed by atoms with Gasteiger partial charge >= 0.3 is 0 Å². The average molecular weight is 213 g/mol. The predicted octanol–water partition coefficient (Wildman–Crippen LogP) is 2.77. The highest BCUT2D eigenvalue weighted by atomic mass is 16.3. The van der Waals surface area contributed by atoms with Crippen LogP contribution in [0.2, 0.25) is 0 Å². The van der Waals surface area contributed by atoms with Crippen LogP contribution in [0.15, 0.2) is 47.1 Å². The Morgan fingerprint density at radius 2 is 2.12 bits per heavy atom. The molecule has 0 atom stereocenters. The van der Waals surface area contributed by atoms with Gasteiger partial charge in [-0.3, -0.25) is 0 Å². The Kier molecular flexibility index (Phi) is 2.11. The molecule has 0 aliphatic rings. The lowest BCUT2D eigenvalue weighted by molar-refractivity contribution is 0.517. The molecule has 0 spiro atoms. The highest BCUT2D eigenvalue weighted by Gasteiger charge is 2.01. The quantitative estimate of drug-likeness (QED) is 0.703. The summed E-state index contributed by atoms with van der Waals surface area (Å²) in [5.41, 5.74) is 1.99. The van der Waals surface area contributed by atoms with Crippen molar-refractivity contribution in [3.63, 3.8) is 0 Å². The summed E-state index contributed by atoms with van der Waals surface area (Å²) in [4.78, 5) is 7.60. The maximum absolute atomic E-state index is 5.23. The first-order chi connectivity index (χ1) is 7.92. The van der Waals surface area contributed by atoms with Gasteiger partial charge in [0, 0.05) is 0 Å². The minimum absolute atomic E-state index is 0.632. The summed E-state index contributed by atoms with van der Waals surface area (Å²) in [6, 6.07) is 11.7. The number of hydrogen-bond donors (Lipinski definition) is 2. The molecule has 80 valence electrons. The molecule has 3 rings (SSSR count). The van der Waals surface area contributed by atoms with Gasteiger partial charge in [-0.1, -0.05) is 12.1 Å². The zero-order chi connectivity index (χ0) is 10.8. The highest BCUT2D eigenvalue weighted by molar-refractivity contribution is 5.77. The molecule has 0 amide bonds. The summed E-state index contributed by atoms with van der Waals surface area (Å²) in [5.74, 6) is 1.65. The second kappa shape index (κ2) is 3.73. The average Bonchev–Trinajstić information content (AvgIpc) is 2.95. The van der Waals surface area contributed by atoms with Crippen molar-refractivity contribution >= 4 is 17.0 Å². The normalized spacial score (nSPS) is 10.8. The Hall–Kier alpha value is -2.23. The predicted molar refractivity (Wildman–Crippen MR) is 62.1 cm³/mol. The van der Waals surface area contributed by atoms with Crippen LogP contribution >= 0.6 is 0 Å². The number of para-hydroxylation sites is 2. The first kappa shape index (κ1) is 9.03. The summed E-state index contributed by atoms with van der Waals surface area (Å²) in [6.07, 6.45) is 1.66. The summed E-state index contributed by atoms with van der Waals surface area (Å²) in [6.45, 7) is 0.632. The van der Waals surface area contributed by atoms with Crippen molar-refractivity contribution in [1.82, 2.24) is 9.97 Å². The highest BCUT2D eigenvalue weighted by Crippen LogP contribution is 2.13. The number of imidazole rings is 1. The van der Waals surface area contributed by atoms with Gasteiger partial charge in [0.1, 0.15) is 5.76 Å². The topological polar surface area (TPSA) is 53.9 Å². The summed E-state index contributed by atoms with van der Waals surface area (Å²) >= 11 is 0. The number of H-pyrrole nitrogens is 1. The maximum Gasteiger partial charge on any atom is 0.201 e. The van der Waals surface area contributed by atoms with Crippen LogP contribution in [0.3, 0.4) is 0 Å². The molecule has 0 unspecified atom stereocenters. The van der Waals surface area contributed by atoms with Crippen molar-refractivity contribution in [3.05, 3.63) is 48.4 Å². The summed E-state index contributed by atoms with van der Waals surface area (Å²) < 4.78 is 5.23. The van der Waals surface area contributed by atoms with Crippen molar-refractivity contribution in [1.29, 1.82) is 0 Å². The maximum atomic E-state index is 5.23. The van der Waals surface area contributed by atoms with Gasteiger partial charge in [0.25, 0.3) is 0 Å². The number of nitrogens with one attached hydrogen (secondary N) is 2. The van der Waals surface area contributed by atoms with E-state index in [-0.39, 0.29) is 0 Å². The molecule has 0 aliphatic heterocycles. The van der Waals surface area contributed by atoms with Crippen molar-refractivity contribution in [3.8, 4) is 0 Å². The Bertz CT molecular complexity index is 550. The Morgan fingerprint density at radius 1 is 1.19 bits per heavy atom. The number of aromatic nitrogens is 2. The second-order valence-corrected chi connectivity index (χ2v) is 3.54. The van der Waals surface area contributed by atoms with Gasteiger partial charge in [0.2, 0.25) is 5.95 Å². The van der Waals surface area contributed by atoms with E-state index in [2.05, 4.69) is 15.3 Å². The largest absolute Gasteiger partial charge is 0.467 e. The van der Waals surface area contributed by atoms with E-state index in [0.29, 0.717) is 6.54 Å². The van der Waals surface area contributed by atoms with Crippen LogP contribution in [0, 0.1) is 0 Å². The van der Waals surface area contributed by atoms with E-state index in [0.717, 1.165) is 22.7 Å². The zero-order valence-electron chi connectivity index (χ0n) is 8.60. The van der Waals surface area contributed by atoms with Gasteiger partial charge in [-0.05, 0) is 24.3 Å². The first-order valence-corrected chi connectivity index (χ1v) is 5.13. The van der Waals surface area contributed by atoms with Gasteiger partial charge in [0.15, 0.2) is 0 Å². The van der Waals surface area contributed by atoms with E-state index in [1.165, 1.54) is 0 Å². The van der Waals surface area contributed by atoms with E-state index >= 15 is 0 Å². The molecule has 3 aromatic rings. The van der Waals surface area contributed by atoms with Crippen molar-refractivity contribution in [2.24, 2.45) is 0 Å². The van der Waals surface area contributed by atoms with Gasteiger partial charge < -0.3 is 14.7 Å². The third kappa shape index (κ3) is 1.65. The van der Waals surface area contributed by atoms with Crippen LogP contribution in [0.4, 0.5) is 5.95 Å².